The van der Waals surface area contributed by atoms with Crippen LogP contribution in [0.2, 0.25) is 0 Å². The first-order chi connectivity index (χ1) is 14.8. The van der Waals surface area contributed by atoms with E-state index in [4.69, 9.17) is 15.2 Å². The van der Waals surface area contributed by atoms with Crippen LogP contribution >= 0.6 is 12.8 Å². The molecule has 172 valence electrons. The highest BCUT2D eigenvalue weighted by molar-refractivity contribution is 7.78. The largest absolute Gasteiger partial charge is 0.484 e. The van der Waals surface area contributed by atoms with Crippen molar-refractivity contribution in [1.29, 1.82) is 0 Å². The number of fused-ring (bicyclic) bond motifs is 1. The minimum Gasteiger partial charge on any atom is -0.484 e. The van der Waals surface area contributed by atoms with E-state index in [2.05, 4.69) is 25.1 Å². The number of nitrogens with one attached hydrogen (secondary N) is 1. The summed E-state index contributed by atoms with van der Waals surface area (Å²) in [6.07, 6.45) is 8.04. The van der Waals surface area contributed by atoms with Gasteiger partial charge in [0.05, 0.1) is 18.9 Å². The van der Waals surface area contributed by atoms with Crippen molar-refractivity contribution in [2.45, 2.75) is 64.6 Å². The number of hydrogen-bond acceptors (Lipinski definition) is 6. The van der Waals surface area contributed by atoms with Gasteiger partial charge in [0.2, 0.25) is 0 Å². The van der Waals surface area contributed by atoms with Gasteiger partial charge in [0.1, 0.15) is 11.8 Å². The van der Waals surface area contributed by atoms with Crippen LogP contribution in [-0.2, 0) is 20.7 Å². The molecule has 0 aliphatic heterocycles. The number of hydrogen-bond donors (Lipinski definition) is 3. The molecular formula is C24H37N3O3S. The number of thiol groups is 1. The number of ether oxygens (including phenoxy) is 2. The predicted molar refractivity (Wildman–Crippen MR) is 130 cm³/mol. The number of carbonyl (C=O) groups is 1. The molecule has 1 aromatic heterocycles. The molecule has 0 bridgehead atoms. The number of unbranched alkanes of at least 4 members (excludes halogenated alkanes) is 1. The van der Waals surface area contributed by atoms with Gasteiger partial charge in [-0.2, -0.15) is 0 Å². The number of para-hydroxylation sites is 1. The van der Waals surface area contributed by atoms with Gasteiger partial charge in [0.25, 0.3) is 0 Å². The lowest BCUT2D eigenvalue weighted by molar-refractivity contribution is -0.149. The van der Waals surface area contributed by atoms with E-state index < -0.39 is 5.54 Å². The van der Waals surface area contributed by atoms with Gasteiger partial charge in [-0.3, -0.25) is 14.1 Å². The molecule has 1 heterocycles. The molecule has 0 aliphatic carbocycles. The highest BCUT2D eigenvalue weighted by Crippen LogP contribution is 2.25. The van der Waals surface area contributed by atoms with Crippen LogP contribution < -0.4 is 11.1 Å². The molecule has 0 aliphatic rings. The van der Waals surface area contributed by atoms with Crippen LogP contribution in [0.4, 0.5) is 0 Å². The number of benzene rings is 1. The van der Waals surface area contributed by atoms with Crippen molar-refractivity contribution in [2.75, 3.05) is 13.7 Å². The molecule has 2 rings (SSSR count). The summed E-state index contributed by atoms with van der Waals surface area (Å²) in [5.74, 6) is 0.246. The van der Waals surface area contributed by atoms with Crippen LogP contribution in [0.1, 0.15) is 52.1 Å². The number of aromatic nitrogens is 1. The maximum Gasteiger partial charge on any atom is 0.326 e. The molecule has 3 atom stereocenters. The second-order valence-electron chi connectivity index (χ2n) is 8.24. The van der Waals surface area contributed by atoms with Crippen molar-refractivity contribution in [3.63, 3.8) is 0 Å². The van der Waals surface area contributed by atoms with Crippen LogP contribution in [0.15, 0.2) is 42.7 Å². The third-order valence-corrected chi connectivity index (χ3v) is 6.20. The van der Waals surface area contributed by atoms with Crippen LogP contribution in [-0.4, -0.2) is 35.4 Å². The van der Waals surface area contributed by atoms with E-state index in [9.17, 15) is 4.79 Å². The number of carbonyl (C=O) groups excluding carboxylic acids is 1. The lowest BCUT2D eigenvalue weighted by Crippen LogP contribution is -2.55. The second-order valence-corrected chi connectivity index (χ2v) is 8.64. The molecular weight excluding hydrogens is 410 g/mol. The molecule has 1 aromatic carbocycles. The zero-order valence-electron chi connectivity index (χ0n) is 19.1. The summed E-state index contributed by atoms with van der Waals surface area (Å²) in [6, 6.07) is 10.0. The normalized spacial score (nSPS) is 15.7. The molecule has 3 unspecified atom stereocenters. The second kappa shape index (κ2) is 12.2. The zero-order chi connectivity index (χ0) is 22.9. The summed E-state index contributed by atoms with van der Waals surface area (Å²) >= 11 is 4.62. The van der Waals surface area contributed by atoms with Gasteiger partial charge in [0.15, 0.2) is 0 Å². The van der Waals surface area contributed by atoms with Crippen molar-refractivity contribution in [3.8, 4) is 0 Å². The summed E-state index contributed by atoms with van der Waals surface area (Å²) in [6.45, 7) is 6.62. The Labute approximate surface area is 191 Å². The number of allylic oxidation sites excluding steroid dienone is 1. The molecule has 2 aromatic rings. The van der Waals surface area contributed by atoms with Gasteiger partial charge < -0.3 is 15.2 Å². The Hall–Kier alpha value is -1.96. The number of methoxy groups -OCH3 is 1. The van der Waals surface area contributed by atoms with Crippen molar-refractivity contribution in [1.82, 2.24) is 9.29 Å². The number of rotatable bonds is 13. The van der Waals surface area contributed by atoms with Gasteiger partial charge in [-0.05, 0) is 63.8 Å². The SMILES string of the molecule is CCC(CN)CCC/C=C\OC(C)NC(C)(Cc1cc2ccccc2n1S)C(=O)OC. The van der Waals surface area contributed by atoms with E-state index in [1.165, 1.54) is 7.11 Å². The van der Waals surface area contributed by atoms with E-state index in [1.807, 2.05) is 54.2 Å². The van der Waals surface area contributed by atoms with Crippen molar-refractivity contribution < 1.29 is 14.3 Å². The Bertz CT molecular complexity index is 863. The molecule has 7 heteroatoms. The highest BCUT2D eigenvalue weighted by atomic mass is 32.1. The van der Waals surface area contributed by atoms with Crippen molar-refractivity contribution in [2.24, 2.45) is 11.7 Å². The third-order valence-electron chi connectivity index (χ3n) is 5.72. The fourth-order valence-electron chi connectivity index (χ4n) is 3.83. The fraction of sp³-hybridized carbons (Fsp3) is 0.542. The van der Waals surface area contributed by atoms with Crippen LogP contribution in [0.3, 0.4) is 0 Å². The minimum atomic E-state index is -0.966. The molecule has 3 N–H and O–H groups in total. The monoisotopic (exact) mass is 447 g/mol. The number of nitrogens with two attached hydrogens (primary N) is 1. The molecule has 0 radical (unpaired) electrons. The minimum absolute atomic E-state index is 0.349. The van der Waals surface area contributed by atoms with Gasteiger partial charge in [-0.25, -0.2) is 0 Å². The first-order valence-electron chi connectivity index (χ1n) is 11.0. The Morgan fingerprint density at radius 3 is 2.77 bits per heavy atom. The third kappa shape index (κ3) is 7.02. The Balaban J connectivity index is 1.97. The lowest BCUT2D eigenvalue weighted by atomic mass is 9.95. The summed E-state index contributed by atoms with van der Waals surface area (Å²) < 4.78 is 12.7. The van der Waals surface area contributed by atoms with Gasteiger partial charge in [-0.1, -0.05) is 44.4 Å². The average Bonchev–Trinajstić information content (AvgIpc) is 3.07. The molecule has 6 nitrogen and oxygen atoms in total. The highest BCUT2D eigenvalue weighted by Gasteiger charge is 2.37. The van der Waals surface area contributed by atoms with Crippen LogP contribution in [0.25, 0.3) is 10.9 Å². The smallest absolute Gasteiger partial charge is 0.326 e. The number of nitrogens with zero attached hydrogens (tertiary/aromatic N) is 1. The van der Waals surface area contributed by atoms with Gasteiger partial charge in [0, 0.05) is 17.5 Å². The topological polar surface area (TPSA) is 78.5 Å². The maximum atomic E-state index is 12.6. The summed E-state index contributed by atoms with van der Waals surface area (Å²) in [4.78, 5) is 12.6. The zero-order valence-corrected chi connectivity index (χ0v) is 20.0. The lowest BCUT2D eigenvalue weighted by Gasteiger charge is -2.31. The molecule has 0 saturated heterocycles. The fourth-order valence-corrected chi connectivity index (χ4v) is 4.14. The van der Waals surface area contributed by atoms with Gasteiger partial charge in [-0.15, -0.1) is 0 Å². The van der Waals surface area contributed by atoms with E-state index in [1.54, 1.807) is 6.26 Å². The first-order valence-corrected chi connectivity index (χ1v) is 11.4. The van der Waals surface area contributed by atoms with Crippen molar-refractivity contribution in [3.05, 3.63) is 48.4 Å². The molecule has 0 amide bonds. The van der Waals surface area contributed by atoms with Gasteiger partial charge >= 0.3 is 5.97 Å². The van der Waals surface area contributed by atoms with E-state index >= 15 is 0 Å². The molecule has 31 heavy (non-hydrogen) atoms. The molecule has 0 saturated carbocycles. The Morgan fingerprint density at radius 1 is 1.39 bits per heavy atom. The van der Waals surface area contributed by atoms with Crippen LogP contribution in [0, 0.1) is 5.92 Å². The van der Waals surface area contributed by atoms with E-state index in [-0.39, 0.29) is 12.2 Å². The first kappa shape index (κ1) is 25.3. The van der Waals surface area contributed by atoms with E-state index in [0.717, 1.165) is 48.8 Å². The Kier molecular flexibility index (Phi) is 9.93. The molecule has 0 fully saturated rings. The number of esters is 1. The van der Waals surface area contributed by atoms with Crippen molar-refractivity contribution >= 4 is 29.7 Å². The maximum absolute atomic E-state index is 12.6. The predicted octanol–water partition coefficient (Wildman–Crippen LogP) is 4.43. The summed E-state index contributed by atoms with van der Waals surface area (Å²) in [5.41, 5.74) is 6.70. The average molecular weight is 448 g/mol. The summed E-state index contributed by atoms with van der Waals surface area (Å²) in [5, 5.41) is 4.36. The van der Waals surface area contributed by atoms with E-state index in [0.29, 0.717) is 12.3 Å². The standard InChI is InChI=1S/C24H37N3O3S/c1-5-19(17-25)11-7-6-10-14-30-18(2)26-24(3,23(28)29-4)16-21-15-20-12-8-9-13-22(20)27(21)31/h8-10,12-15,18-19,26,31H,5-7,11,16-17,25H2,1-4H3/b14-10-. The molecule has 0 spiro atoms. The Morgan fingerprint density at radius 2 is 2.13 bits per heavy atom. The summed E-state index contributed by atoms with van der Waals surface area (Å²) in [7, 11) is 1.40. The van der Waals surface area contributed by atoms with Crippen LogP contribution in [0.5, 0.6) is 0 Å². The quantitative estimate of drug-likeness (QED) is 0.139.